The molecule has 0 aromatic heterocycles. The zero-order valence-electron chi connectivity index (χ0n) is 10.3. The summed E-state index contributed by atoms with van der Waals surface area (Å²) in [6, 6.07) is 8.70. The second-order valence-electron chi connectivity index (χ2n) is 4.69. The van der Waals surface area contributed by atoms with Crippen LogP contribution in [0, 0.1) is 5.92 Å². The molecule has 94 valence electrons. The standard InChI is InChI=1S/C14H20BrNO/c1-16-9-14(12-3-2-8-17-10-12)11-4-6-13(15)7-5-11/h4-7,12,14,16H,2-3,8-10H2,1H3. The van der Waals surface area contributed by atoms with Crippen molar-refractivity contribution < 1.29 is 4.74 Å². The van der Waals surface area contributed by atoms with Crippen LogP contribution in [0.15, 0.2) is 28.7 Å². The molecule has 2 rings (SSSR count). The molecule has 0 bridgehead atoms. The van der Waals surface area contributed by atoms with E-state index in [4.69, 9.17) is 4.74 Å². The largest absolute Gasteiger partial charge is 0.381 e. The maximum absolute atomic E-state index is 5.62. The van der Waals surface area contributed by atoms with Gasteiger partial charge >= 0.3 is 0 Å². The first kappa shape index (κ1) is 13.1. The van der Waals surface area contributed by atoms with Gasteiger partial charge in [-0.25, -0.2) is 0 Å². The lowest BCUT2D eigenvalue weighted by Crippen LogP contribution is -2.30. The highest BCUT2D eigenvalue weighted by Gasteiger charge is 2.24. The van der Waals surface area contributed by atoms with E-state index in [2.05, 4.69) is 45.5 Å². The Balaban J connectivity index is 2.12. The molecule has 1 fully saturated rings. The summed E-state index contributed by atoms with van der Waals surface area (Å²) in [5, 5.41) is 3.31. The molecule has 2 unspecified atom stereocenters. The van der Waals surface area contributed by atoms with Gasteiger partial charge in [-0.2, -0.15) is 0 Å². The Labute approximate surface area is 112 Å². The molecule has 0 radical (unpaired) electrons. The third-order valence-electron chi connectivity index (χ3n) is 3.49. The van der Waals surface area contributed by atoms with Crippen molar-refractivity contribution in [1.29, 1.82) is 0 Å². The van der Waals surface area contributed by atoms with Crippen LogP contribution in [0.25, 0.3) is 0 Å². The second kappa shape index (κ2) is 6.53. The lowest BCUT2D eigenvalue weighted by Gasteiger charge is -2.30. The summed E-state index contributed by atoms with van der Waals surface area (Å²) in [5.74, 6) is 1.21. The molecule has 2 atom stereocenters. The quantitative estimate of drug-likeness (QED) is 0.922. The molecule has 0 saturated carbocycles. The molecule has 0 spiro atoms. The predicted octanol–water partition coefficient (Wildman–Crippen LogP) is 3.18. The minimum Gasteiger partial charge on any atom is -0.381 e. The van der Waals surface area contributed by atoms with E-state index in [1.54, 1.807) is 0 Å². The van der Waals surface area contributed by atoms with E-state index in [0.29, 0.717) is 11.8 Å². The first-order valence-electron chi connectivity index (χ1n) is 6.29. The van der Waals surface area contributed by atoms with Crippen LogP contribution in [0.5, 0.6) is 0 Å². The van der Waals surface area contributed by atoms with Crippen LogP contribution < -0.4 is 5.32 Å². The van der Waals surface area contributed by atoms with E-state index in [0.717, 1.165) is 24.2 Å². The summed E-state index contributed by atoms with van der Waals surface area (Å²) in [6.45, 7) is 2.86. The Kier molecular flexibility index (Phi) is 5.01. The molecule has 1 aliphatic heterocycles. The average Bonchev–Trinajstić information content (AvgIpc) is 2.38. The Morgan fingerprint density at radius 2 is 2.18 bits per heavy atom. The predicted molar refractivity (Wildman–Crippen MR) is 74.4 cm³/mol. The fourth-order valence-electron chi connectivity index (χ4n) is 2.57. The highest BCUT2D eigenvalue weighted by molar-refractivity contribution is 9.10. The lowest BCUT2D eigenvalue weighted by molar-refractivity contribution is 0.0442. The maximum atomic E-state index is 5.62. The van der Waals surface area contributed by atoms with Gasteiger partial charge in [0.05, 0.1) is 6.61 Å². The summed E-state index contributed by atoms with van der Waals surface area (Å²) < 4.78 is 6.76. The van der Waals surface area contributed by atoms with Crippen LogP contribution in [0.3, 0.4) is 0 Å². The average molecular weight is 298 g/mol. The normalized spacial score (nSPS) is 22.4. The van der Waals surface area contributed by atoms with E-state index in [1.165, 1.54) is 18.4 Å². The Morgan fingerprint density at radius 3 is 2.76 bits per heavy atom. The first-order chi connectivity index (χ1) is 8.31. The van der Waals surface area contributed by atoms with E-state index in [1.807, 2.05) is 7.05 Å². The van der Waals surface area contributed by atoms with Gasteiger partial charge in [0.25, 0.3) is 0 Å². The molecule has 0 amide bonds. The number of benzene rings is 1. The lowest BCUT2D eigenvalue weighted by atomic mass is 9.82. The Bertz CT molecular complexity index is 333. The van der Waals surface area contributed by atoms with Gasteiger partial charge in [0.15, 0.2) is 0 Å². The van der Waals surface area contributed by atoms with E-state index >= 15 is 0 Å². The van der Waals surface area contributed by atoms with Crippen molar-refractivity contribution in [2.75, 3.05) is 26.8 Å². The summed E-state index contributed by atoms with van der Waals surface area (Å²) in [6.07, 6.45) is 2.48. The molecule has 0 aliphatic carbocycles. The number of hydrogen-bond donors (Lipinski definition) is 1. The second-order valence-corrected chi connectivity index (χ2v) is 5.61. The van der Waals surface area contributed by atoms with Gasteiger partial charge in [-0.15, -0.1) is 0 Å². The summed E-state index contributed by atoms with van der Waals surface area (Å²) in [4.78, 5) is 0. The smallest absolute Gasteiger partial charge is 0.0500 e. The number of nitrogens with one attached hydrogen (secondary N) is 1. The monoisotopic (exact) mass is 297 g/mol. The van der Waals surface area contributed by atoms with Crippen LogP contribution in [0.1, 0.15) is 24.3 Å². The molecule has 1 heterocycles. The van der Waals surface area contributed by atoms with Crippen molar-refractivity contribution in [2.24, 2.45) is 5.92 Å². The SMILES string of the molecule is CNCC(c1ccc(Br)cc1)C1CCCOC1. The number of likely N-dealkylation sites (N-methyl/N-ethyl adjacent to an activating group) is 1. The fourth-order valence-corrected chi connectivity index (χ4v) is 2.83. The zero-order chi connectivity index (χ0) is 12.1. The molecule has 1 saturated heterocycles. The number of rotatable bonds is 4. The third-order valence-corrected chi connectivity index (χ3v) is 4.02. The van der Waals surface area contributed by atoms with Crippen LogP contribution in [0.4, 0.5) is 0 Å². The molecule has 1 aromatic rings. The molecule has 1 N–H and O–H groups in total. The molecular formula is C14H20BrNO. The third kappa shape index (κ3) is 3.54. The highest BCUT2D eigenvalue weighted by atomic mass is 79.9. The van der Waals surface area contributed by atoms with Crippen molar-refractivity contribution in [2.45, 2.75) is 18.8 Å². The minimum absolute atomic E-state index is 0.563. The maximum Gasteiger partial charge on any atom is 0.0500 e. The van der Waals surface area contributed by atoms with Gasteiger partial charge in [0.2, 0.25) is 0 Å². The van der Waals surface area contributed by atoms with Gasteiger partial charge < -0.3 is 10.1 Å². The molecular weight excluding hydrogens is 278 g/mol. The van der Waals surface area contributed by atoms with Crippen molar-refractivity contribution in [3.05, 3.63) is 34.3 Å². The summed E-state index contributed by atoms with van der Waals surface area (Å²) >= 11 is 3.49. The van der Waals surface area contributed by atoms with Crippen LogP contribution >= 0.6 is 15.9 Å². The molecule has 17 heavy (non-hydrogen) atoms. The molecule has 3 heteroatoms. The van der Waals surface area contributed by atoms with Crippen LogP contribution in [-0.2, 0) is 4.74 Å². The number of hydrogen-bond acceptors (Lipinski definition) is 2. The Hall–Kier alpha value is -0.380. The van der Waals surface area contributed by atoms with Crippen molar-refractivity contribution in [3.8, 4) is 0 Å². The van der Waals surface area contributed by atoms with Gasteiger partial charge in [-0.3, -0.25) is 0 Å². The van der Waals surface area contributed by atoms with Gasteiger partial charge in [0, 0.05) is 23.5 Å². The van der Waals surface area contributed by atoms with Gasteiger partial charge in [-0.05, 0) is 43.5 Å². The summed E-state index contributed by atoms with van der Waals surface area (Å²) in [7, 11) is 2.02. The first-order valence-corrected chi connectivity index (χ1v) is 7.08. The zero-order valence-corrected chi connectivity index (χ0v) is 11.9. The van der Waals surface area contributed by atoms with E-state index in [9.17, 15) is 0 Å². The molecule has 1 aromatic carbocycles. The Morgan fingerprint density at radius 1 is 1.41 bits per heavy atom. The van der Waals surface area contributed by atoms with Crippen molar-refractivity contribution in [1.82, 2.24) is 5.32 Å². The van der Waals surface area contributed by atoms with Gasteiger partial charge in [-0.1, -0.05) is 28.1 Å². The van der Waals surface area contributed by atoms with Crippen molar-refractivity contribution >= 4 is 15.9 Å². The topological polar surface area (TPSA) is 21.3 Å². The number of halogens is 1. The molecule has 2 nitrogen and oxygen atoms in total. The van der Waals surface area contributed by atoms with E-state index < -0.39 is 0 Å². The van der Waals surface area contributed by atoms with Gasteiger partial charge in [0.1, 0.15) is 0 Å². The highest BCUT2D eigenvalue weighted by Crippen LogP contribution is 2.31. The molecule has 1 aliphatic rings. The van der Waals surface area contributed by atoms with Crippen molar-refractivity contribution in [3.63, 3.8) is 0 Å². The minimum atomic E-state index is 0.563. The van der Waals surface area contributed by atoms with Crippen LogP contribution in [0.2, 0.25) is 0 Å². The van der Waals surface area contributed by atoms with Crippen LogP contribution in [-0.4, -0.2) is 26.8 Å². The number of ether oxygens (including phenoxy) is 1. The summed E-state index contributed by atoms with van der Waals surface area (Å²) in [5.41, 5.74) is 1.41. The van der Waals surface area contributed by atoms with E-state index in [-0.39, 0.29) is 0 Å². The fraction of sp³-hybridized carbons (Fsp3) is 0.571.